The molecule has 0 atom stereocenters. The maximum absolute atomic E-state index is 2.58. The van der Waals surface area contributed by atoms with E-state index in [1.807, 2.05) is 0 Å². The van der Waals surface area contributed by atoms with Crippen molar-refractivity contribution in [3.63, 3.8) is 0 Å². The van der Waals surface area contributed by atoms with Crippen LogP contribution in [0, 0.1) is 0 Å². The second-order valence-electron chi connectivity index (χ2n) is 20.3. The maximum atomic E-state index is 2.58. The minimum absolute atomic E-state index is 0.234. The van der Waals surface area contributed by atoms with Crippen LogP contribution in [0.5, 0.6) is 0 Å². The number of fused-ring (bicyclic) bond motifs is 10. The summed E-state index contributed by atoms with van der Waals surface area (Å²) in [5, 5.41) is 13.0. The lowest BCUT2D eigenvalue weighted by atomic mass is 9.66. The van der Waals surface area contributed by atoms with Crippen molar-refractivity contribution in [3.05, 3.63) is 241 Å². The summed E-state index contributed by atoms with van der Waals surface area (Å²) in [5.74, 6) is 0. The molecule has 320 valence electrons. The third-order valence-corrected chi connectivity index (χ3v) is 16.0. The molecule has 2 aliphatic carbocycles. The van der Waals surface area contributed by atoms with Crippen molar-refractivity contribution < 1.29 is 0 Å². The molecule has 0 heterocycles. The fraction of sp³-hybridized carbons (Fsp3) is 0.0882. The minimum atomic E-state index is -0.240. The Kier molecular flexibility index (Phi) is 8.19. The van der Waals surface area contributed by atoms with E-state index in [1.165, 1.54) is 143 Å². The minimum Gasteiger partial charge on any atom is -0.0622 e. The summed E-state index contributed by atoms with van der Waals surface area (Å²) in [7, 11) is 0. The Morgan fingerprint density at radius 2 is 0.574 bits per heavy atom. The number of benzene rings is 12. The monoisotopic (exact) mass is 864 g/mol. The van der Waals surface area contributed by atoms with E-state index in [2.05, 4.69) is 246 Å². The maximum Gasteiger partial charge on any atom is 0.0159 e. The van der Waals surface area contributed by atoms with E-state index in [-0.39, 0.29) is 10.8 Å². The number of rotatable bonds is 4. The van der Waals surface area contributed by atoms with Gasteiger partial charge in [0.1, 0.15) is 0 Å². The van der Waals surface area contributed by atoms with Crippen LogP contribution in [0.3, 0.4) is 0 Å². The first kappa shape index (κ1) is 39.1. The zero-order chi connectivity index (χ0) is 45.5. The highest BCUT2D eigenvalue weighted by molar-refractivity contribution is 6.23. The van der Waals surface area contributed by atoms with Crippen LogP contribution in [-0.4, -0.2) is 0 Å². The molecule has 0 fully saturated rings. The summed E-state index contributed by atoms with van der Waals surface area (Å²) in [6.07, 6.45) is 0. The van der Waals surface area contributed by atoms with Gasteiger partial charge in [-0.15, -0.1) is 0 Å². The molecule has 0 nitrogen and oxygen atoms in total. The molecule has 0 saturated carbocycles. The molecule has 0 bridgehead atoms. The standard InChI is InChI=1S/C68H48/c1-67(2)57-33-19-32-55-65-54-37-35-44(64-52-30-17-13-26-48(52)62(42-22-9-6-10-23-42)49-27-14-18-31-53(49)64)39-59(54)68(3,4)60(65)40-56(66(55)57)45-36-34-43(38-58(45)67)63-50-28-15-11-24-46(50)61(41-20-7-5-8-21-41)47-25-12-16-29-51(47)63/h5-40H,1-4H3. The molecule has 0 saturated heterocycles. The molecule has 12 aromatic rings. The van der Waals surface area contributed by atoms with Crippen LogP contribution in [0.25, 0.3) is 121 Å². The van der Waals surface area contributed by atoms with Crippen molar-refractivity contribution in [1.29, 1.82) is 0 Å². The molecule has 0 aliphatic heterocycles. The lowest BCUT2D eigenvalue weighted by Crippen LogP contribution is -2.24. The molecule has 0 radical (unpaired) electrons. The average molecular weight is 865 g/mol. The van der Waals surface area contributed by atoms with Gasteiger partial charge in [0.05, 0.1) is 0 Å². The van der Waals surface area contributed by atoms with Gasteiger partial charge < -0.3 is 0 Å². The van der Waals surface area contributed by atoms with E-state index in [9.17, 15) is 0 Å². The third kappa shape index (κ3) is 5.32. The zero-order valence-electron chi connectivity index (χ0n) is 38.8. The number of hydrogen-bond donors (Lipinski definition) is 0. The quantitative estimate of drug-likeness (QED) is 0.155. The molecule has 0 heteroatoms. The van der Waals surface area contributed by atoms with Crippen LogP contribution in [0.2, 0.25) is 0 Å². The molecule has 0 aromatic heterocycles. The highest BCUT2D eigenvalue weighted by Gasteiger charge is 2.41. The normalized spacial score (nSPS) is 14.1. The van der Waals surface area contributed by atoms with Gasteiger partial charge in [0, 0.05) is 10.8 Å². The van der Waals surface area contributed by atoms with E-state index in [0.29, 0.717) is 0 Å². The number of hydrogen-bond acceptors (Lipinski definition) is 0. The topological polar surface area (TPSA) is 0 Å². The Balaban J connectivity index is 0.964. The van der Waals surface area contributed by atoms with E-state index >= 15 is 0 Å². The summed E-state index contributed by atoms with van der Waals surface area (Å²) < 4.78 is 0. The van der Waals surface area contributed by atoms with Crippen LogP contribution in [0.1, 0.15) is 49.9 Å². The third-order valence-electron chi connectivity index (χ3n) is 16.0. The Morgan fingerprint density at radius 3 is 1.01 bits per heavy atom. The zero-order valence-corrected chi connectivity index (χ0v) is 38.8. The molecule has 0 N–H and O–H groups in total. The molecule has 14 rings (SSSR count). The fourth-order valence-electron chi connectivity index (χ4n) is 12.9. The van der Waals surface area contributed by atoms with Gasteiger partial charge >= 0.3 is 0 Å². The van der Waals surface area contributed by atoms with Crippen molar-refractivity contribution >= 4 is 53.9 Å². The van der Waals surface area contributed by atoms with Gasteiger partial charge in [0.2, 0.25) is 0 Å². The Hall–Kier alpha value is -8.06. The van der Waals surface area contributed by atoms with E-state index in [1.54, 1.807) is 0 Å². The molecular formula is C68H48. The van der Waals surface area contributed by atoms with Gasteiger partial charge in [0.15, 0.2) is 0 Å². The predicted octanol–water partition coefficient (Wildman–Crippen LogP) is 18.7. The predicted molar refractivity (Wildman–Crippen MR) is 291 cm³/mol. The highest BCUT2D eigenvalue weighted by atomic mass is 14.4. The summed E-state index contributed by atoms with van der Waals surface area (Å²) in [5.41, 5.74) is 20.7. The Morgan fingerprint density at radius 1 is 0.221 bits per heavy atom. The fourth-order valence-corrected chi connectivity index (χ4v) is 12.9. The van der Waals surface area contributed by atoms with Crippen molar-refractivity contribution in [2.45, 2.75) is 38.5 Å². The SMILES string of the molecule is CC1(C)c2cc(-c3c4ccccc4c(-c4ccccc4)c4ccccc34)ccc2-c2c1cc1c3c(cccc23)C(C)(C)c2cc(-c3c4ccccc4c(-c4ccccc4)c4ccccc34)ccc2-1. The summed E-state index contributed by atoms with van der Waals surface area (Å²) in [6.45, 7) is 9.78. The largest absolute Gasteiger partial charge is 0.0622 e. The van der Waals surface area contributed by atoms with Crippen molar-refractivity contribution in [2.75, 3.05) is 0 Å². The highest BCUT2D eigenvalue weighted by Crippen LogP contribution is 2.59. The molecular weight excluding hydrogens is 817 g/mol. The summed E-state index contributed by atoms with van der Waals surface area (Å²) in [6, 6.07) is 82.3. The first-order valence-corrected chi connectivity index (χ1v) is 24.2. The second kappa shape index (κ2) is 14.2. The Labute approximate surface area is 397 Å². The molecule has 12 aromatic carbocycles. The molecule has 0 spiro atoms. The van der Waals surface area contributed by atoms with Crippen molar-refractivity contribution in [2.24, 2.45) is 0 Å². The lowest BCUT2D eigenvalue weighted by Gasteiger charge is -2.36. The van der Waals surface area contributed by atoms with Gasteiger partial charge in [-0.05, 0) is 161 Å². The van der Waals surface area contributed by atoms with E-state index in [4.69, 9.17) is 0 Å². The van der Waals surface area contributed by atoms with Crippen LogP contribution in [-0.2, 0) is 10.8 Å². The second-order valence-corrected chi connectivity index (χ2v) is 20.3. The Bertz CT molecular complexity index is 4000. The summed E-state index contributed by atoms with van der Waals surface area (Å²) in [4.78, 5) is 0. The summed E-state index contributed by atoms with van der Waals surface area (Å²) >= 11 is 0. The molecule has 68 heavy (non-hydrogen) atoms. The van der Waals surface area contributed by atoms with Crippen LogP contribution < -0.4 is 0 Å². The van der Waals surface area contributed by atoms with E-state index in [0.717, 1.165) is 0 Å². The van der Waals surface area contributed by atoms with Gasteiger partial charge in [0.25, 0.3) is 0 Å². The first-order chi connectivity index (χ1) is 33.3. The van der Waals surface area contributed by atoms with E-state index < -0.39 is 0 Å². The van der Waals surface area contributed by atoms with Gasteiger partial charge in [-0.25, -0.2) is 0 Å². The molecule has 0 amide bonds. The van der Waals surface area contributed by atoms with Gasteiger partial charge in [-0.1, -0.05) is 228 Å². The van der Waals surface area contributed by atoms with Crippen LogP contribution in [0.4, 0.5) is 0 Å². The van der Waals surface area contributed by atoms with Gasteiger partial charge in [-0.3, -0.25) is 0 Å². The van der Waals surface area contributed by atoms with Gasteiger partial charge in [-0.2, -0.15) is 0 Å². The van der Waals surface area contributed by atoms with Crippen LogP contribution in [0.15, 0.2) is 218 Å². The van der Waals surface area contributed by atoms with Crippen LogP contribution >= 0.6 is 0 Å². The smallest absolute Gasteiger partial charge is 0.0159 e. The van der Waals surface area contributed by atoms with Crippen molar-refractivity contribution in [3.8, 4) is 66.8 Å². The first-order valence-electron chi connectivity index (χ1n) is 24.2. The average Bonchev–Trinajstić information content (AvgIpc) is 3.61. The molecule has 0 unspecified atom stereocenters. The molecule has 2 aliphatic rings. The lowest BCUT2D eigenvalue weighted by molar-refractivity contribution is 0.644. The van der Waals surface area contributed by atoms with Crippen molar-refractivity contribution in [1.82, 2.24) is 0 Å².